The molecule has 4 amide bonds. The molecule has 0 bridgehead atoms. The number of amides is 4. The molecular weight excluding hydrogens is 498 g/mol. The van der Waals surface area contributed by atoms with E-state index in [4.69, 9.17) is 11.6 Å². The first-order valence-corrected chi connectivity index (χ1v) is 12.2. The topological polar surface area (TPSA) is 86.8 Å². The monoisotopic (exact) mass is 521 g/mol. The van der Waals surface area contributed by atoms with Crippen LogP contribution in [0.15, 0.2) is 42.5 Å². The van der Waals surface area contributed by atoms with Gasteiger partial charge < -0.3 is 15.0 Å². The van der Waals surface area contributed by atoms with Crippen molar-refractivity contribution in [3.05, 3.63) is 69.7 Å². The molecule has 2 aromatic carbocycles. The van der Waals surface area contributed by atoms with Crippen molar-refractivity contribution in [3.63, 3.8) is 0 Å². The van der Waals surface area contributed by atoms with E-state index < -0.39 is 39.9 Å². The zero-order valence-corrected chi connectivity index (χ0v) is 22.0. The molecule has 0 aliphatic carbocycles. The minimum atomic E-state index is -3.79. The third-order valence-corrected chi connectivity index (χ3v) is 7.41. The Bertz CT molecular complexity index is 1330. The highest BCUT2D eigenvalue weighted by Crippen LogP contribution is 2.37. The van der Waals surface area contributed by atoms with Crippen molar-refractivity contribution in [1.29, 1.82) is 0 Å². The minimum Gasteiger partial charge on any atom is -0.357 e. The van der Waals surface area contributed by atoms with Crippen molar-refractivity contribution in [3.8, 4) is 0 Å². The number of nitrogens with one attached hydrogen (secondary N) is 1. The van der Waals surface area contributed by atoms with Crippen LogP contribution in [-0.4, -0.2) is 78.7 Å². The van der Waals surface area contributed by atoms with Crippen molar-refractivity contribution < 1.29 is 28.0 Å². The fraction of sp³-hybridized carbons (Fsp3) is 0.273. The fourth-order valence-corrected chi connectivity index (χ4v) is 5.01. The van der Waals surface area contributed by atoms with Crippen LogP contribution in [0.1, 0.15) is 33.5 Å². The first-order valence-electron chi connectivity index (χ1n) is 11.8. The molecule has 2 heterocycles. The Hall–Kier alpha value is -3.01. The van der Waals surface area contributed by atoms with Gasteiger partial charge in [0.25, 0.3) is 11.8 Å². The number of halogens is 3. The number of fused-ring (bicyclic) bond motifs is 1. The molecule has 2 aliphatic rings. The van der Waals surface area contributed by atoms with E-state index in [0.717, 1.165) is 16.9 Å². The van der Waals surface area contributed by atoms with Crippen LogP contribution in [0.5, 0.6) is 0 Å². The number of imide groups is 1. The molecule has 0 saturated carbocycles. The number of hydrogen-bond donors (Lipinski definition) is 1. The maximum atomic E-state index is 14.8. The van der Waals surface area contributed by atoms with Gasteiger partial charge in [-0.05, 0) is 41.0 Å². The summed E-state index contributed by atoms with van der Waals surface area (Å²) in [6, 6.07) is 8.84. The summed E-state index contributed by atoms with van der Waals surface area (Å²) in [7, 11) is 8.07. The van der Waals surface area contributed by atoms with Gasteiger partial charge in [0.2, 0.25) is 19.8 Å². The number of carbonyl (C=O) groups is 4. The zero-order valence-electron chi connectivity index (χ0n) is 21.2. The number of hydrogen-bond acceptors (Lipinski definition) is 4. The Balaban J connectivity index is 1.56. The second kappa shape index (κ2) is 9.08. The molecule has 1 saturated heterocycles. The lowest BCUT2D eigenvalue weighted by molar-refractivity contribution is -0.148. The summed E-state index contributed by atoms with van der Waals surface area (Å²) >= 11 is 5.77. The maximum Gasteiger partial charge on any atom is 0.349 e. The molecule has 2 aliphatic heterocycles. The molecule has 0 radical (unpaired) electrons. The average molecular weight is 521 g/mol. The molecule has 0 spiro atoms. The Labute approximate surface area is 222 Å². The van der Waals surface area contributed by atoms with E-state index in [0.29, 0.717) is 16.7 Å². The van der Waals surface area contributed by atoms with Crippen molar-refractivity contribution in [2.24, 2.45) is 0 Å². The van der Waals surface area contributed by atoms with Gasteiger partial charge in [0, 0.05) is 28.0 Å². The van der Waals surface area contributed by atoms with Crippen LogP contribution in [0.2, 0.25) is 10.2 Å². The van der Waals surface area contributed by atoms with Gasteiger partial charge in [0.15, 0.2) is 0 Å². The first kappa shape index (κ1) is 27.0. The van der Waals surface area contributed by atoms with E-state index in [-0.39, 0.29) is 29.8 Å². The fourth-order valence-electron chi connectivity index (χ4n) is 4.89. The molecule has 7 nitrogen and oxygen atoms in total. The second-order valence-electron chi connectivity index (χ2n) is 10.8. The van der Waals surface area contributed by atoms with Gasteiger partial charge in [0.05, 0.1) is 0 Å². The molecule has 4 rings (SSSR count). The van der Waals surface area contributed by atoms with E-state index in [1.165, 1.54) is 25.0 Å². The van der Waals surface area contributed by atoms with E-state index in [1.807, 2.05) is 0 Å². The number of carbonyl (C=O) groups excluding carboxylic acids is 4. The van der Waals surface area contributed by atoms with Crippen molar-refractivity contribution in [1.82, 2.24) is 15.0 Å². The van der Waals surface area contributed by atoms with Crippen molar-refractivity contribution >= 4 is 74.6 Å². The van der Waals surface area contributed by atoms with E-state index in [2.05, 4.69) is 5.32 Å². The quantitative estimate of drug-likeness (QED) is 0.353. The van der Waals surface area contributed by atoms with Gasteiger partial charge in [-0.2, -0.15) is 8.78 Å². The third-order valence-electron chi connectivity index (χ3n) is 7.16. The number of alkyl halides is 2. The van der Waals surface area contributed by atoms with Crippen molar-refractivity contribution in [2.45, 2.75) is 35.5 Å². The van der Waals surface area contributed by atoms with Crippen LogP contribution in [0.4, 0.5) is 8.78 Å². The predicted molar refractivity (Wildman–Crippen MR) is 147 cm³/mol. The van der Waals surface area contributed by atoms with E-state index in [9.17, 15) is 28.0 Å². The van der Waals surface area contributed by atoms with Crippen LogP contribution in [0.25, 0.3) is 0 Å². The molecular formula is C22H23B5ClF2N3O4. The highest BCUT2D eigenvalue weighted by Gasteiger charge is 2.48. The lowest BCUT2D eigenvalue weighted by Crippen LogP contribution is -2.59. The molecule has 0 aromatic heterocycles. The minimum absolute atomic E-state index is 0.126. The molecule has 37 heavy (non-hydrogen) atoms. The van der Waals surface area contributed by atoms with Gasteiger partial charge in [-0.3, -0.25) is 19.2 Å². The number of benzene rings is 2. The van der Waals surface area contributed by atoms with Crippen LogP contribution >= 0.6 is 11.6 Å². The summed E-state index contributed by atoms with van der Waals surface area (Å²) in [5.74, 6) is -6.34. The van der Waals surface area contributed by atoms with Gasteiger partial charge >= 0.3 is 5.92 Å². The van der Waals surface area contributed by atoms with Gasteiger partial charge in [-0.1, -0.05) is 35.9 Å². The highest BCUT2D eigenvalue weighted by molar-refractivity contribution is 6.54. The second-order valence-corrected chi connectivity index (χ2v) is 11.2. The van der Waals surface area contributed by atoms with Gasteiger partial charge in [-0.25, -0.2) is 0 Å². The molecule has 1 unspecified atom stereocenters. The molecule has 15 heteroatoms. The largest absolute Gasteiger partial charge is 0.357 e. The summed E-state index contributed by atoms with van der Waals surface area (Å²) in [6.07, 6.45) is 0.197. The van der Waals surface area contributed by atoms with Crippen LogP contribution in [-0.2, 0) is 32.2 Å². The molecule has 2 aromatic rings. The molecule has 1 N–H and O–H groups in total. The number of piperidine rings is 1. The van der Waals surface area contributed by atoms with Crippen LogP contribution < -0.4 is 5.32 Å². The summed E-state index contributed by atoms with van der Waals surface area (Å²) < 4.78 is 29.7. The highest BCUT2D eigenvalue weighted by atomic mass is 35.5. The Kier molecular flexibility index (Phi) is 6.63. The summed E-state index contributed by atoms with van der Waals surface area (Å²) in [6.45, 7) is 0.126. The van der Waals surface area contributed by atoms with Crippen LogP contribution in [0.3, 0.4) is 0 Å². The smallest absolute Gasteiger partial charge is 0.349 e. The SMILES string of the molecule is BN1C(=O)C(N2Cc3cc(C(B)(B)NC(=O)C(F)(F)c4ccc(Cl)cc4)ccc3C2=O)CC(B)(B)C1=O. The summed E-state index contributed by atoms with van der Waals surface area (Å²) in [4.78, 5) is 53.6. The number of nitrogens with zero attached hydrogens (tertiary/aromatic N) is 2. The lowest BCUT2D eigenvalue weighted by Gasteiger charge is -2.42. The van der Waals surface area contributed by atoms with Crippen LogP contribution in [0, 0.1) is 0 Å². The van der Waals surface area contributed by atoms with E-state index >= 15 is 0 Å². The average Bonchev–Trinajstić information content (AvgIpc) is 3.16. The van der Waals surface area contributed by atoms with Crippen molar-refractivity contribution in [2.75, 3.05) is 0 Å². The third kappa shape index (κ3) is 4.71. The lowest BCUT2D eigenvalue weighted by atomic mass is 9.49. The van der Waals surface area contributed by atoms with Gasteiger partial charge in [0.1, 0.15) is 37.4 Å². The Morgan fingerprint density at radius 3 is 2.27 bits per heavy atom. The zero-order chi connectivity index (χ0) is 27.5. The number of rotatable bonds is 5. The first-order chi connectivity index (χ1) is 17.1. The Morgan fingerprint density at radius 2 is 1.65 bits per heavy atom. The summed E-state index contributed by atoms with van der Waals surface area (Å²) in [5, 5.41) is 0.678. The standard InChI is InChI=1S/C22H23B5ClF2N3O4/c23-20(24)8-15(17(35)33(27)19(20)37)32-9-10-7-12(3-6-14(10)16(32)34)22(25,26)31-18(36)21(29,30)11-1-4-13(28)5-2-11/h1-7,15H,8-9,23-27H2,(H,31,36). The summed E-state index contributed by atoms with van der Waals surface area (Å²) in [5.41, 5.74) is 1.04. The molecule has 1 atom stereocenters. The normalized spacial score (nSPS) is 19.6. The molecule has 186 valence electrons. The van der Waals surface area contributed by atoms with E-state index in [1.54, 1.807) is 49.6 Å². The Morgan fingerprint density at radius 1 is 1.05 bits per heavy atom. The predicted octanol–water partition coefficient (Wildman–Crippen LogP) is -2.36. The maximum absolute atomic E-state index is 14.8. The molecule has 1 fully saturated rings. The van der Waals surface area contributed by atoms with Gasteiger partial charge in [-0.15, -0.1) is 0 Å².